The zero-order valence-electron chi connectivity index (χ0n) is 12.2. The molecular weight excluding hydrogens is 320 g/mol. The molecule has 8 nitrogen and oxygen atoms in total. The molecule has 1 aromatic carbocycles. The number of carboxylic acid groups (broad SMARTS) is 1. The van der Waals surface area contributed by atoms with Crippen LogP contribution in [-0.2, 0) is 21.3 Å². The predicted octanol–water partition coefficient (Wildman–Crippen LogP) is 0.692. The molecule has 1 fully saturated rings. The lowest BCUT2D eigenvalue weighted by molar-refractivity contribution is 0.0695. The van der Waals surface area contributed by atoms with Crippen molar-refractivity contribution in [2.75, 3.05) is 0 Å². The minimum absolute atomic E-state index is 0.175. The SMILES string of the molecule is NS(=O)(=O)C1(c2cn(Cc3ccccc3C(=O)O)nn2)CCC1. The largest absolute Gasteiger partial charge is 0.478 e. The van der Waals surface area contributed by atoms with Gasteiger partial charge in [-0.2, -0.15) is 0 Å². The molecule has 9 heteroatoms. The number of sulfonamides is 1. The second-order valence-corrected chi connectivity index (χ2v) is 7.53. The molecule has 1 aliphatic rings. The number of nitrogens with two attached hydrogens (primary N) is 1. The fourth-order valence-corrected chi connectivity index (χ4v) is 4.05. The maximum Gasteiger partial charge on any atom is 0.336 e. The molecule has 0 spiro atoms. The van der Waals surface area contributed by atoms with Crippen LogP contribution in [0.4, 0.5) is 0 Å². The molecule has 0 amide bonds. The number of aromatic carboxylic acids is 1. The molecule has 0 radical (unpaired) electrons. The van der Waals surface area contributed by atoms with Crippen molar-refractivity contribution in [1.29, 1.82) is 0 Å². The molecule has 2 aromatic rings. The van der Waals surface area contributed by atoms with Gasteiger partial charge in [-0.05, 0) is 30.9 Å². The quantitative estimate of drug-likeness (QED) is 0.827. The Bertz CT molecular complexity index is 855. The van der Waals surface area contributed by atoms with Crippen LogP contribution in [-0.4, -0.2) is 34.5 Å². The highest BCUT2D eigenvalue weighted by Crippen LogP contribution is 2.45. The van der Waals surface area contributed by atoms with Crippen LogP contribution in [0.3, 0.4) is 0 Å². The number of benzene rings is 1. The molecule has 0 atom stereocenters. The third kappa shape index (κ3) is 2.62. The number of carboxylic acids is 1. The minimum atomic E-state index is -3.77. The zero-order chi connectivity index (χ0) is 16.7. The molecular formula is C14H16N4O4S. The number of hydrogen-bond acceptors (Lipinski definition) is 5. The Kier molecular flexibility index (Phi) is 3.69. The van der Waals surface area contributed by atoms with Crippen molar-refractivity contribution in [3.63, 3.8) is 0 Å². The molecule has 1 aromatic heterocycles. The van der Waals surface area contributed by atoms with E-state index in [9.17, 15) is 18.3 Å². The summed E-state index contributed by atoms with van der Waals surface area (Å²) in [7, 11) is -3.77. The Morgan fingerprint density at radius 3 is 2.61 bits per heavy atom. The van der Waals surface area contributed by atoms with Crippen LogP contribution in [0.5, 0.6) is 0 Å². The van der Waals surface area contributed by atoms with Crippen LogP contribution in [0, 0.1) is 0 Å². The normalized spacial score (nSPS) is 16.7. The first-order valence-corrected chi connectivity index (χ1v) is 8.62. The molecule has 122 valence electrons. The molecule has 0 unspecified atom stereocenters. The Labute approximate surface area is 133 Å². The summed E-state index contributed by atoms with van der Waals surface area (Å²) in [5, 5.41) is 22.4. The minimum Gasteiger partial charge on any atom is -0.478 e. The Balaban J connectivity index is 1.91. The van der Waals surface area contributed by atoms with E-state index >= 15 is 0 Å². The summed E-state index contributed by atoms with van der Waals surface area (Å²) < 4.78 is 24.0. The van der Waals surface area contributed by atoms with E-state index in [1.165, 1.54) is 16.9 Å². The topological polar surface area (TPSA) is 128 Å². The van der Waals surface area contributed by atoms with Crippen molar-refractivity contribution in [2.45, 2.75) is 30.6 Å². The monoisotopic (exact) mass is 336 g/mol. The van der Waals surface area contributed by atoms with E-state index in [-0.39, 0.29) is 12.1 Å². The van der Waals surface area contributed by atoms with Gasteiger partial charge in [0.15, 0.2) is 0 Å². The van der Waals surface area contributed by atoms with Crippen molar-refractivity contribution in [2.24, 2.45) is 5.14 Å². The molecule has 1 aliphatic carbocycles. The van der Waals surface area contributed by atoms with E-state index < -0.39 is 20.7 Å². The van der Waals surface area contributed by atoms with Gasteiger partial charge < -0.3 is 5.11 Å². The maximum absolute atomic E-state index is 11.9. The van der Waals surface area contributed by atoms with Gasteiger partial charge in [0.25, 0.3) is 0 Å². The van der Waals surface area contributed by atoms with Crippen LogP contribution in [0.25, 0.3) is 0 Å². The van der Waals surface area contributed by atoms with Gasteiger partial charge in [0, 0.05) is 0 Å². The van der Waals surface area contributed by atoms with Crippen molar-refractivity contribution >= 4 is 16.0 Å². The lowest BCUT2D eigenvalue weighted by Gasteiger charge is -2.37. The Hall–Kier alpha value is -2.26. The lowest BCUT2D eigenvalue weighted by Crippen LogP contribution is -2.46. The van der Waals surface area contributed by atoms with Crippen LogP contribution in [0.15, 0.2) is 30.5 Å². The summed E-state index contributed by atoms with van der Waals surface area (Å²) in [5.74, 6) is -1.03. The van der Waals surface area contributed by atoms with E-state index in [0.717, 1.165) is 6.42 Å². The second-order valence-electron chi connectivity index (χ2n) is 5.66. The first kappa shape index (κ1) is 15.6. The molecule has 23 heavy (non-hydrogen) atoms. The van der Waals surface area contributed by atoms with E-state index in [1.54, 1.807) is 18.2 Å². The van der Waals surface area contributed by atoms with Crippen molar-refractivity contribution in [1.82, 2.24) is 15.0 Å². The van der Waals surface area contributed by atoms with Gasteiger partial charge in [0.05, 0.1) is 18.3 Å². The van der Waals surface area contributed by atoms with E-state index in [0.29, 0.717) is 24.1 Å². The van der Waals surface area contributed by atoms with Crippen molar-refractivity contribution < 1.29 is 18.3 Å². The summed E-state index contributed by atoms with van der Waals surface area (Å²) in [6, 6.07) is 6.57. The first-order chi connectivity index (χ1) is 10.8. The lowest BCUT2D eigenvalue weighted by atomic mass is 9.82. The van der Waals surface area contributed by atoms with E-state index in [1.807, 2.05) is 0 Å². The van der Waals surface area contributed by atoms with Gasteiger partial charge in [0.2, 0.25) is 10.0 Å². The number of nitrogens with zero attached hydrogens (tertiary/aromatic N) is 3. The summed E-state index contributed by atoms with van der Waals surface area (Å²) in [6.07, 6.45) is 3.15. The average Bonchev–Trinajstić information content (AvgIpc) is 2.84. The fourth-order valence-electron chi connectivity index (χ4n) is 2.81. The number of carbonyl (C=O) groups is 1. The molecule has 3 N–H and O–H groups in total. The number of primary sulfonamides is 1. The highest BCUT2D eigenvalue weighted by atomic mass is 32.2. The average molecular weight is 336 g/mol. The third-order valence-electron chi connectivity index (χ3n) is 4.29. The first-order valence-electron chi connectivity index (χ1n) is 7.08. The summed E-state index contributed by atoms with van der Waals surface area (Å²) in [4.78, 5) is 11.2. The van der Waals surface area contributed by atoms with Gasteiger partial charge in [-0.1, -0.05) is 23.4 Å². The van der Waals surface area contributed by atoms with E-state index in [2.05, 4.69) is 10.3 Å². The zero-order valence-corrected chi connectivity index (χ0v) is 13.0. The van der Waals surface area contributed by atoms with Gasteiger partial charge in [0.1, 0.15) is 10.4 Å². The Morgan fingerprint density at radius 1 is 1.35 bits per heavy atom. The van der Waals surface area contributed by atoms with E-state index in [4.69, 9.17) is 5.14 Å². The van der Waals surface area contributed by atoms with Crippen LogP contribution in [0.2, 0.25) is 0 Å². The number of aromatic nitrogens is 3. The van der Waals surface area contributed by atoms with Crippen LogP contribution < -0.4 is 5.14 Å². The van der Waals surface area contributed by atoms with Gasteiger partial charge in [-0.3, -0.25) is 0 Å². The van der Waals surface area contributed by atoms with Crippen LogP contribution in [0.1, 0.15) is 40.9 Å². The van der Waals surface area contributed by atoms with Crippen LogP contribution >= 0.6 is 0 Å². The summed E-state index contributed by atoms with van der Waals surface area (Å²) in [6.45, 7) is 0.191. The van der Waals surface area contributed by atoms with Crippen molar-refractivity contribution in [3.8, 4) is 0 Å². The van der Waals surface area contributed by atoms with Crippen molar-refractivity contribution in [3.05, 3.63) is 47.3 Å². The summed E-state index contributed by atoms with van der Waals surface area (Å²) >= 11 is 0. The molecule has 1 heterocycles. The number of hydrogen-bond donors (Lipinski definition) is 2. The Morgan fingerprint density at radius 2 is 2.04 bits per heavy atom. The third-order valence-corrected chi connectivity index (χ3v) is 6.00. The molecule has 0 aliphatic heterocycles. The highest BCUT2D eigenvalue weighted by molar-refractivity contribution is 7.90. The van der Waals surface area contributed by atoms with Gasteiger partial charge in [-0.25, -0.2) is 23.0 Å². The molecule has 3 rings (SSSR count). The van der Waals surface area contributed by atoms with Gasteiger partial charge in [-0.15, -0.1) is 5.10 Å². The molecule has 1 saturated carbocycles. The maximum atomic E-state index is 11.9. The fraction of sp³-hybridized carbons (Fsp3) is 0.357. The molecule has 0 saturated heterocycles. The smallest absolute Gasteiger partial charge is 0.336 e. The standard InChI is InChI=1S/C14H16N4O4S/c15-23(21,22)14(6-3-7-14)12-9-18(17-16-12)8-10-4-1-2-5-11(10)13(19)20/h1-2,4-5,9H,3,6-8H2,(H,19,20)(H2,15,21,22). The highest BCUT2D eigenvalue weighted by Gasteiger charge is 2.50. The predicted molar refractivity (Wildman–Crippen MR) is 81.2 cm³/mol. The molecule has 0 bridgehead atoms. The second kappa shape index (κ2) is 5.43. The summed E-state index contributed by atoms with van der Waals surface area (Å²) in [5.41, 5.74) is 1.06. The van der Waals surface area contributed by atoms with Gasteiger partial charge >= 0.3 is 5.97 Å². The number of rotatable bonds is 5.